The van der Waals surface area contributed by atoms with Crippen LogP contribution in [-0.2, 0) is 20.6 Å². The van der Waals surface area contributed by atoms with E-state index in [1.54, 1.807) is 11.8 Å². The Hall–Kier alpha value is -2.62. The molecule has 2 heterocycles. The average molecular weight is 398 g/mol. The summed E-state index contributed by atoms with van der Waals surface area (Å²) in [6.45, 7) is 4.94. The first-order valence-corrected chi connectivity index (χ1v) is 8.90. The largest absolute Gasteiger partial charge is 0.416 e. The molecule has 7 nitrogen and oxygen atoms in total. The van der Waals surface area contributed by atoms with E-state index in [0.29, 0.717) is 26.2 Å². The molecule has 0 aliphatic carbocycles. The molecule has 0 bridgehead atoms. The van der Waals surface area contributed by atoms with Crippen LogP contribution in [0.1, 0.15) is 19.4 Å². The summed E-state index contributed by atoms with van der Waals surface area (Å²) < 4.78 is 38.8. The maximum absolute atomic E-state index is 13.0. The van der Waals surface area contributed by atoms with E-state index in [4.69, 9.17) is 0 Å². The van der Waals surface area contributed by atoms with Gasteiger partial charge in [-0.15, -0.1) is 0 Å². The molecule has 152 valence electrons. The Bertz CT molecular complexity index is 804. The van der Waals surface area contributed by atoms with Crippen LogP contribution in [0.5, 0.6) is 0 Å². The van der Waals surface area contributed by atoms with Crippen molar-refractivity contribution in [2.24, 2.45) is 0 Å². The number of alkyl halides is 3. The zero-order chi connectivity index (χ0) is 20.6. The standard InChI is InChI=1S/C18H21F3N4O3/c1-11(23-5-7-24(8-6-23)12(2)26)17(28)25-10-16(27)22-14-9-13(18(19,20)21)3-4-15(14)25/h3-4,9,11H,5-8,10H2,1-2H3,(H,22,27)/t11-/m1/s1. The lowest BCUT2D eigenvalue weighted by Gasteiger charge is -2.39. The van der Waals surface area contributed by atoms with Crippen LogP contribution >= 0.6 is 0 Å². The summed E-state index contributed by atoms with van der Waals surface area (Å²) in [5, 5.41) is 2.40. The van der Waals surface area contributed by atoms with E-state index in [0.717, 1.165) is 12.1 Å². The molecule has 1 aromatic rings. The summed E-state index contributed by atoms with van der Waals surface area (Å²) in [7, 11) is 0. The minimum absolute atomic E-state index is 0.0271. The highest BCUT2D eigenvalue weighted by Crippen LogP contribution is 2.37. The van der Waals surface area contributed by atoms with Gasteiger partial charge >= 0.3 is 6.18 Å². The monoisotopic (exact) mass is 398 g/mol. The fraction of sp³-hybridized carbons (Fsp3) is 0.500. The SMILES string of the molecule is CC(=O)N1CCN([C@H](C)C(=O)N2CC(=O)Nc3cc(C(F)(F)F)ccc32)CC1. The molecule has 0 radical (unpaired) electrons. The van der Waals surface area contributed by atoms with Gasteiger partial charge in [0, 0.05) is 33.1 Å². The van der Waals surface area contributed by atoms with Gasteiger partial charge in [-0.3, -0.25) is 24.2 Å². The number of nitrogens with one attached hydrogen (secondary N) is 1. The number of amides is 3. The third-order valence-electron chi connectivity index (χ3n) is 5.12. The topological polar surface area (TPSA) is 73.0 Å². The first-order valence-electron chi connectivity index (χ1n) is 8.90. The number of benzene rings is 1. The molecule has 0 saturated carbocycles. The van der Waals surface area contributed by atoms with Crippen molar-refractivity contribution in [3.8, 4) is 0 Å². The highest BCUT2D eigenvalue weighted by molar-refractivity contribution is 6.11. The molecule has 10 heteroatoms. The fourth-order valence-electron chi connectivity index (χ4n) is 3.47. The number of rotatable bonds is 2. The number of hydrogen-bond donors (Lipinski definition) is 1. The zero-order valence-electron chi connectivity index (χ0n) is 15.5. The van der Waals surface area contributed by atoms with Crippen molar-refractivity contribution < 1.29 is 27.6 Å². The van der Waals surface area contributed by atoms with Crippen molar-refractivity contribution in [1.29, 1.82) is 0 Å². The predicted octanol–water partition coefficient (Wildman–Crippen LogP) is 1.54. The minimum Gasteiger partial charge on any atom is -0.340 e. The Morgan fingerprint density at radius 2 is 1.79 bits per heavy atom. The lowest BCUT2D eigenvalue weighted by molar-refractivity contribution is -0.137. The fourth-order valence-corrected chi connectivity index (χ4v) is 3.47. The molecule has 28 heavy (non-hydrogen) atoms. The van der Waals surface area contributed by atoms with Crippen LogP contribution in [0.2, 0.25) is 0 Å². The molecule has 0 aromatic heterocycles. The summed E-state index contributed by atoms with van der Waals surface area (Å²) in [6.07, 6.45) is -4.55. The maximum Gasteiger partial charge on any atom is 0.416 e. The number of fused-ring (bicyclic) bond motifs is 1. The molecular weight excluding hydrogens is 377 g/mol. The van der Waals surface area contributed by atoms with Crippen molar-refractivity contribution in [2.45, 2.75) is 26.1 Å². The van der Waals surface area contributed by atoms with Crippen LogP contribution in [0.25, 0.3) is 0 Å². The van der Waals surface area contributed by atoms with Gasteiger partial charge in [0.05, 0.1) is 23.0 Å². The number of carbonyl (C=O) groups is 3. The first-order chi connectivity index (χ1) is 13.1. The van der Waals surface area contributed by atoms with E-state index in [2.05, 4.69) is 5.32 Å². The van der Waals surface area contributed by atoms with Gasteiger partial charge in [-0.05, 0) is 25.1 Å². The smallest absolute Gasteiger partial charge is 0.340 e. The number of halogens is 3. The molecule has 0 unspecified atom stereocenters. The molecule has 1 atom stereocenters. The van der Waals surface area contributed by atoms with E-state index in [9.17, 15) is 27.6 Å². The van der Waals surface area contributed by atoms with Crippen LogP contribution in [0.15, 0.2) is 18.2 Å². The second-order valence-corrected chi connectivity index (χ2v) is 6.92. The van der Waals surface area contributed by atoms with Gasteiger partial charge < -0.3 is 10.2 Å². The van der Waals surface area contributed by atoms with Crippen LogP contribution < -0.4 is 10.2 Å². The highest BCUT2D eigenvalue weighted by Gasteiger charge is 2.36. The molecule has 2 aliphatic rings. The Balaban J connectivity index is 1.79. The lowest BCUT2D eigenvalue weighted by Crippen LogP contribution is -2.56. The van der Waals surface area contributed by atoms with Gasteiger partial charge in [0.2, 0.25) is 17.7 Å². The van der Waals surface area contributed by atoms with Crippen molar-refractivity contribution in [2.75, 3.05) is 42.9 Å². The summed E-state index contributed by atoms with van der Waals surface area (Å²) in [4.78, 5) is 41.2. The quantitative estimate of drug-likeness (QED) is 0.821. The van der Waals surface area contributed by atoms with Gasteiger partial charge in [0.25, 0.3) is 0 Å². The number of anilines is 2. The van der Waals surface area contributed by atoms with E-state index >= 15 is 0 Å². The van der Waals surface area contributed by atoms with Crippen molar-refractivity contribution >= 4 is 29.1 Å². The van der Waals surface area contributed by atoms with Crippen molar-refractivity contribution in [1.82, 2.24) is 9.80 Å². The average Bonchev–Trinajstić information content (AvgIpc) is 2.65. The van der Waals surface area contributed by atoms with Crippen LogP contribution in [-0.4, -0.2) is 66.3 Å². The third-order valence-corrected chi connectivity index (χ3v) is 5.12. The number of hydrogen-bond acceptors (Lipinski definition) is 4. The Labute approximate surface area is 160 Å². The highest BCUT2D eigenvalue weighted by atomic mass is 19.4. The number of nitrogens with zero attached hydrogens (tertiary/aromatic N) is 3. The Morgan fingerprint density at radius 1 is 1.14 bits per heavy atom. The summed E-state index contributed by atoms with van der Waals surface area (Å²) in [6, 6.07) is 2.36. The number of carbonyl (C=O) groups excluding carboxylic acids is 3. The molecular formula is C18H21F3N4O3. The molecule has 0 spiro atoms. The second kappa shape index (κ2) is 7.42. The lowest BCUT2D eigenvalue weighted by atomic mass is 10.1. The van der Waals surface area contributed by atoms with Gasteiger partial charge in [0.1, 0.15) is 6.54 Å². The van der Waals surface area contributed by atoms with Crippen molar-refractivity contribution in [3.63, 3.8) is 0 Å². The normalized spacial score (nSPS) is 19.1. The second-order valence-electron chi connectivity index (χ2n) is 6.92. The van der Waals surface area contributed by atoms with Crippen LogP contribution in [0.3, 0.4) is 0 Å². The summed E-state index contributed by atoms with van der Waals surface area (Å²) >= 11 is 0. The molecule has 1 saturated heterocycles. The third kappa shape index (κ3) is 3.96. The zero-order valence-corrected chi connectivity index (χ0v) is 15.5. The molecule has 1 fully saturated rings. The van der Waals surface area contributed by atoms with Crippen LogP contribution in [0.4, 0.5) is 24.5 Å². The van der Waals surface area contributed by atoms with Crippen molar-refractivity contribution in [3.05, 3.63) is 23.8 Å². The maximum atomic E-state index is 13.0. The van der Waals surface area contributed by atoms with Gasteiger partial charge in [-0.2, -0.15) is 13.2 Å². The van der Waals surface area contributed by atoms with Crippen LogP contribution in [0, 0.1) is 0 Å². The minimum atomic E-state index is -4.55. The summed E-state index contributed by atoms with van der Waals surface area (Å²) in [5.74, 6) is -0.943. The molecule has 2 aliphatic heterocycles. The number of piperazine rings is 1. The Morgan fingerprint density at radius 3 is 2.36 bits per heavy atom. The molecule has 3 rings (SSSR count). The van der Waals surface area contributed by atoms with E-state index in [1.807, 2.05) is 4.90 Å². The molecule has 3 amide bonds. The predicted molar refractivity (Wildman–Crippen MR) is 95.7 cm³/mol. The molecule has 1 N–H and O–H groups in total. The van der Waals surface area contributed by atoms with E-state index in [1.165, 1.54) is 17.9 Å². The summed E-state index contributed by atoms with van der Waals surface area (Å²) in [5.41, 5.74) is -0.686. The first kappa shape index (κ1) is 20.1. The van der Waals surface area contributed by atoms with Gasteiger partial charge in [-0.1, -0.05) is 0 Å². The van der Waals surface area contributed by atoms with Gasteiger partial charge in [-0.25, -0.2) is 0 Å². The van der Waals surface area contributed by atoms with Gasteiger partial charge in [0.15, 0.2) is 0 Å². The van der Waals surface area contributed by atoms with E-state index in [-0.39, 0.29) is 29.7 Å². The van der Waals surface area contributed by atoms with E-state index < -0.39 is 23.7 Å². The Kier molecular flexibility index (Phi) is 5.33. The molecule has 1 aromatic carbocycles.